The molecule has 0 aromatic carbocycles. The number of pyridine rings is 1. The number of hydrogen-bond acceptors (Lipinski definition) is 3. The second-order valence-corrected chi connectivity index (χ2v) is 3.28. The van der Waals surface area contributed by atoms with Gasteiger partial charge < -0.3 is 4.74 Å². The molecule has 82 valence electrons. The summed E-state index contributed by atoms with van der Waals surface area (Å²) >= 11 is 0. The molecule has 1 aromatic heterocycles. The van der Waals surface area contributed by atoms with E-state index in [1.807, 2.05) is 19.9 Å². The molecule has 0 aliphatic carbocycles. The third-order valence-electron chi connectivity index (χ3n) is 1.99. The van der Waals surface area contributed by atoms with Gasteiger partial charge in [-0.1, -0.05) is 12.5 Å². The molecule has 0 aliphatic rings. The summed E-state index contributed by atoms with van der Waals surface area (Å²) in [5, 5.41) is 0. The molecule has 0 atom stereocenters. The monoisotopic (exact) mass is 214 g/mol. The van der Waals surface area contributed by atoms with E-state index >= 15 is 0 Å². The Balaban J connectivity index is 2.77. The van der Waals surface area contributed by atoms with Gasteiger partial charge in [-0.15, -0.1) is 6.42 Å². The third-order valence-corrected chi connectivity index (χ3v) is 1.99. The van der Waals surface area contributed by atoms with E-state index in [0.717, 1.165) is 16.9 Å². The standard InChI is InChI=1S/C13H14N2O/c1-5-8-16-11(3)9-15-13-10(2)6-7-14-12(13)4/h1,6-7,9H,3,8H2,2,4H3. The molecule has 0 saturated heterocycles. The lowest BCUT2D eigenvalue weighted by atomic mass is 10.2. The van der Waals surface area contributed by atoms with Crippen LogP contribution in [0.3, 0.4) is 0 Å². The highest BCUT2D eigenvalue weighted by Crippen LogP contribution is 2.20. The minimum atomic E-state index is 0.204. The van der Waals surface area contributed by atoms with Crippen molar-refractivity contribution in [3.63, 3.8) is 0 Å². The molecular weight excluding hydrogens is 200 g/mol. The van der Waals surface area contributed by atoms with Crippen molar-refractivity contribution in [2.75, 3.05) is 6.61 Å². The molecule has 0 bridgehead atoms. The van der Waals surface area contributed by atoms with Crippen LogP contribution in [0.25, 0.3) is 0 Å². The smallest absolute Gasteiger partial charge is 0.148 e. The molecule has 0 radical (unpaired) electrons. The van der Waals surface area contributed by atoms with E-state index < -0.39 is 0 Å². The van der Waals surface area contributed by atoms with Gasteiger partial charge in [-0.2, -0.15) is 0 Å². The molecule has 0 N–H and O–H groups in total. The summed E-state index contributed by atoms with van der Waals surface area (Å²) in [7, 11) is 0. The highest BCUT2D eigenvalue weighted by Gasteiger charge is 2.00. The van der Waals surface area contributed by atoms with E-state index in [-0.39, 0.29) is 6.61 Å². The summed E-state index contributed by atoms with van der Waals surface area (Å²) < 4.78 is 5.09. The van der Waals surface area contributed by atoms with Crippen LogP contribution < -0.4 is 0 Å². The maximum Gasteiger partial charge on any atom is 0.148 e. The molecule has 0 aliphatic heterocycles. The zero-order valence-electron chi connectivity index (χ0n) is 9.53. The van der Waals surface area contributed by atoms with Gasteiger partial charge >= 0.3 is 0 Å². The van der Waals surface area contributed by atoms with E-state index in [2.05, 4.69) is 22.5 Å². The van der Waals surface area contributed by atoms with E-state index in [1.165, 1.54) is 0 Å². The topological polar surface area (TPSA) is 34.5 Å². The fourth-order valence-electron chi connectivity index (χ4n) is 1.19. The Morgan fingerprint density at radius 1 is 1.69 bits per heavy atom. The molecular formula is C13H14N2O. The lowest BCUT2D eigenvalue weighted by Gasteiger charge is -2.03. The van der Waals surface area contributed by atoms with Crippen LogP contribution in [-0.2, 0) is 4.74 Å². The van der Waals surface area contributed by atoms with Gasteiger partial charge in [-0.25, -0.2) is 0 Å². The molecule has 16 heavy (non-hydrogen) atoms. The van der Waals surface area contributed by atoms with Crippen LogP contribution in [0.5, 0.6) is 0 Å². The van der Waals surface area contributed by atoms with Crippen molar-refractivity contribution >= 4 is 11.9 Å². The summed E-state index contributed by atoms with van der Waals surface area (Å²) in [4.78, 5) is 8.44. The number of aryl methyl sites for hydroxylation is 2. The summed E-state index contributed by atoms with van der Waals surface area (Å²) in [5.41, 5.74) is 2.78. The Morgan fingerprint density at radius 3 is 3.06 bits per heavy atom. The van der Waals surface area contributed by atoms with E-state index in [0.29, 0.717) is 5.76 Å². The normalized spacial score (nSPS) is 10.1. The second-order valence-electron chi connectivity index (χ2n) is 3.28. The number of ether oxygens (including phenoxy) is 1. The second kappa shape index (κ2) is 5.72. The van der Waals surface area contributed by atoms with Gasteiger partial charge in [0.1, 0.15) is 12.4 Å². The van der Waals surface area contributed by atoms with Crippen molar-refractivity contribution < 1.29 is 4.74 Å². The molecule has 0 saturated carbocycles. The highest BCUT2D eigenvalue weighted by molar-refractivity contribution is 5.78. The SMILES string of the molecule is C#CCOC(=C)C=Nc1c(C)ccnc1C. The van der Waals surface area contributed by atoms with E-state index in [9.17, 15) is 0 Å². The number of aliphatic imine (C=N–C) groups is 1. The van der Waals surface area contributed by atoms with Crippen LogP contribution in [0.1, 0.15) is 11.3 Å². The van der Waals surface area contributed by atoms with Crippen molar-refractivity contribution in [2.45, 2.75) is 13.8 Å². The average Bonchev–Trinajstić information content (AvgIpc) is 2.25. The van der Waals surface area contributed by atoms with Crippen LogP contribution in [0.2, 0.25) is 0 Å². The maximum atomic E-state index is 5.09. The first kappa shape index (κ1) is 12.0. The lowest BCUT2D eigenvalue weighted by Crippen LogP contribution is -1.92. The Labute approximate surface area is 95.9 Å². The first-order valence-electron chi connectivity index (χ1n) is 4.86. The molecule has 1 heterocycles. The molecule has 1 rings (SSSR count). The molecule has 3 heteroatoms. The Hall–Kier alpha value is -2.08. The number of hydrogen-bond donors (Lipinski definition) is 0. The fraction of sp³-hybridized carbons (Fsp3) is 0.231. The molecule has 1 aromatic rings. The van der Waals surface area contributed by atoms with Crippen molar-refractivity contribution in [3.05, 3.63) is 35.9 Å². The fourth-order valence-corrected chi connectivity index (χ4v) is 1.19. The van der Waals surface area contributed by atoms with Crippen LogP contribution in [0, 0.1) is 26.2 Å². The van der Waals surface area contributed by atoms with Crippen LogP contribution >= 0.6 is 0 Å². The predicted molar refractivity (Wildman–Crippen MR) is 65.8 cm³/mol. The number of terminal acetylenes is 1. The van der Waals surface area contributed by atoms with Crippen LogP contribution in [0.15, 0.2) is 29.6 Å². The minimum Gasteiger partial charge on any atom is -0.480 e. The molecule has 0 fully saturated rings. The van der Waals surface area contributed by atoms with Gasteiger partial charge in [0.15, 0.2) is 0 Å². The first-order valence-corrected chi connectivity index (χ1v) is 4.86. The predicted octanol–water partition coefficient (Wildman–Crippen LogP) is 2.56. The van der Waals surface area contributed by atoms with Crippen molar-refractivity contribution in [3.8, 4) is 12.3 Å². The van der Waals surface area contributed by atoms with Crippen LogP contribution in [0.4, 0.5) is 5.69 Å². The zero-order chi connectivity index (χ0) is 12.0. The Bertz CT molecular complexity index is 435. The largest absolute Gasteiger partial charge is 0.480 e. The van der Waals surface area contributed by atoms with Gasteiger partial charge in [0.25, 0.3) is 0 Å². The van der Waals surface area contributed by atoms with Crippen LogP contribution in [-0.4, -0.2) is 17.8 Å². The molecule has 0 amide bonds. The summed E-state index contributed by atoms with van der Waals surface area (Å²) in [6.45, 7) is 7.77. The Kier molecular flexibility index (Phi) is 4.28. The number of allylic oxidation sites excluding steroid dienone is 1. The highest BCUT2D eigenvalue weighted by atomic mass is 16.5. The maximum absolute atomic E-state index is 5.09. The third kappa shape index (κ3) is 3.25. The summed E-state index contributed by atoms with van der Waals surface area (Å²) in [6.07, 6.45) is 8.37. The van der Waals surface area contributed by atoms with Gasteiger partial charge in [-0.3, -0.25) is 9.98 Å². The quantitative estimate of drug-likeness (QED) is 0.438. The summed E-state index contributed by atoms with van der Waals surface area (Å²) in [6, 6.07) is 1.91. The number of nitrogens with zero attached hydrogens (tertiary/aromatic N) is 2. The van der Waals surface area contributed by atoms with E-state index in [4.69, 9.17) is 11.2 Å². The molecule has 3 nitrogen and oxygen atoms in total. The van der Waals surface area contributed by atoms with Crippen molar-refractivity contribution in [1.29, 1.82) is 0 Å². The molecule has 0 unspecified atom stereocenters. The van der Waals surface area contributed by atoms with E-state index in [1.54, 1.807) is 12.4 Å². The van der Waals surface area contributed by atoms with Gasteiger partial charge in [0.05, 0.1) is 17.6 Å². The Morgan fingerprint density at radius 2 is 2.44 bits per heavy atom. The number of aromatic nitrogens is 1. The van der Waals surface area contributed by atoms with Crippen molar-refractivity contribution in [2.24, 2.45) is 4.99 Å². The minimum absolute atomic E-state index is 0.204. The number of rotatable bonds is 4. The van der Waals surface area contributed by atoms with Gasteiger partial charge in [-0.05, 0) is 25.5 Å². The zero-order valence-corrected chi connectivity index (χ0v) is 9.53. The average molecular weight is 214 g/mol. The van der Waals surface area contributed by atoms with Gasteiger partial charge in [0, 0.05) is 6.20 Å². The summed E-state index contributed by atoms with van der Waals surface area (Å²) in [5.74, 6) is 2.81. The lowest BCUT2D eigenvalue weighted by molar-refractivity contribution is 0.279. The van der Waals surface area contributed by atoms with Crippen molar-refractivity contribution in [1.82, 2.24) is 4.98 Å². The van der Waals surface area contributed by atoms with Gasteiger partial charge in [0.2, 0.25) is 0 Å². The molecule has 0 spiro atoms. The first-order chi connectivity index (χ1) is 7.65.